The summed E-state index contributed by atoms with van der Waals surface area (Å²) in [5.41, 5.74) is 1.23. The third kappa shape index (κ3) is 5.31. The number of amides is 1. The molecule has 8 nitrogen and oxygen atoms in total. The van der Waals surface area contributed by atoms with E-state index in [4.69, 9.17) is 0 Å². The lowest BCUT2D eigenvalue weighted by Gasteiger charge is -2.26. The van der Waals surface area contributed by atoms with E-state index >= 15 is 0 Å². The first-order chi connectivity index (χ1) is 12.9. The van der Waals surface area contributed by atoms with Crippen LogP contribution in [0.2, 0.25) is 0 Å². The smallest absolute Gasteiger partial charge is 0.247 e. The summed E-state index contributed by atoms with van der Waals surface area (Å²) in [5, 5.41) is 2.67. The molecule has 0 aromatic heterocycles. The van der Waals surface area contributed by atoms with Crippen molar-refractivity contribution in [3.8, 4) is 0 Å². The van der Waals surface area contributed by atoms with Crippen LogP contribution in [0.1, 0.15) is 11.6 Å². The molecule has 0 radical (unpaired) electrons. The first-order valence-corrected chi connectivity index (χ1v) is 11.9. The van der Waals surface area contributed by atoms with Gasteiger partial charge in [-0.1, -0.05) is 36.4 Å². The Morgan fingerprint density at radius 2 is 1.50 bits per heavy atom. The number of benzene rings is 2. The summed E-state index contributed by atoms with van der Waals surface area (Å²) in [7, 11) is -4.37. The molecular formula is C18H23N3O5S2. The number of sulfonamides is 2. The van der Waals surface area contributed by atoms with Crippen LogP contribution in [0.5, 0.6) is 0 Å². The molecule has 1 N–H and O–H groups in total. The molecule has 0 saturated heterocycles. The Balaban J connectivity index is 2.37. The molecule has 2 rings (SSSR count). The zero-order chi connectivity index (χ0) is 21.1. The van der Waals surface area contributed by atoms with E-state index in [1.165, 1.54) is 20.2 Å². The Kier molecular flexibility index (Phi) is 6.48. The van der Waals surface area contributed by atoms with Crippen LogP contribution in [-0.4, -0.2) is 53.7 Å². The molecule has 0 saturated carbocycles. The average molecular weight is 426 g/mol. The van der Waals surface area contributed by atoms with Crippen LogP contribution in [0.4, 0.5) is 11.4 Å². The third-order valence-electron chi connectivity index (χ3n) is 4.23. The number of nitrogens with one attached hydrogen (secondary N) is 1. The summed E-state index contributed by atoms with van der Waals surface area (Å²) in [6.07, 6.45) is 2.10. The van der Waals surface area contributed by atoms with Gasteiger partial charge in [0.1, 0.15) is 6.04 Å². The summed E-state index contributed by atoms with van der Waals surface area (Å²) in [5.74, 6) is -0.557. The van der Waals surface area contributed by atoms with E-state index in [1.807, 2.05) is 0 Å². The summed E-state index contributed by atoms with van der Waals surface area (Å²) in [6, 6.07) is 13.7. The van der Waals surface area contributed by atoms with Gasteiger partial charge in [-0.15, -0.1) is 0 Å². The minimum Gasteiger partial charge on any atom is -0.324 e. The van der Waals surface area contributed by atoms with E-state index in [1.54, 1.807) is 48.5 Å². The lowest BCUT2D eigenvalue weighted by atomic mass is 10.1. The Bertz CT molecular complexity index is 1050. The van der Waals surface area contributed by atoms with Crippen molar-refractivity contribution >= 4 is 37.3 Å². The highest BCUT2D eigenvalue weighted by Crippen LogP contribution is 2.25. The van der Waals surface area contributed by atoms with Gasteiger partial charge in [0.25, 0.3) is 0 Å². The van der Waals surface area contributed by atoms with E-state index in [0.717, 1.165) is 21.1 Å². The first-order valence-electron chi connectivity index (χ1n) is 8.24. The van der Waals surface area contributed by atoms with E-state index in [-0.39, 0.29) is 0 Å². The maximum atomic E-state index is 12.9. The molecule has 0 heterocycles. The fourth-order valence-electron chi connectivity index (χ4n) is 2.53. The minimum atomic E-state index is -3.64. The topological polar surface area (TPSA) is 104 Å². The standard InChI is InChI=1S/C18H23N3O5S2/c1-20(27(3,23)24)16-12-8-11-15(13-16)19-18(22)17(21(2)28(4,25)26)14-9-6-5-7-10-14/h5-13,17H,1-4H3,(H,19,22)/t17-/m0/s1. The number of likely N-dealkylation sites (N-methyl/N-ethyl adjacent to an activating group) is 1. The van der Waals surface area contributed by atoms with Crippen LogP contribution >= 0.6 is 0 Å². The van der Waals surface area contributed by atoms with Crippen molar-refractivity contribution in [3.63, 3.8) is 0 Å². The summed E-state index contributed by atoms with van der Waals surface area (Å²) < 4.78 is 49.6. The van der Waals surface area contributed by atoms with Gasteiger partial charge >= 0.3 is 0 Å². The van der Waals surface area contributed by atoms with Gasteiger partial charge in [0.2, 0.25) is 26.0 Å². The maximum Gasteiger partial charge on any atom is 0.247 e. The van der Waals surface area contributed by atoms with Gasteiger partial charge in [-0.25, -0.2) is 16.8 Å². The summed E-state index contributed by atoms with van der Waals surface area (Å²) >= 11 is 0. The van der Waals surface area contributed by atoms with Crippen molar-refractivity contribution in [2.24, 2.45) is 0 Å². The second-order valence-corrected chi connectivity index (χ2v) is 10.4. The fraction of sp³-hybridized carbons (Fsp3) is 0.278. The van der Waals surface area contributed by atoms with E-state index < -0.39 is 32.0 Å². The lowest BCUT2D eigenvalue weighted by molar-refractivity contribution is -0.119. The maximum absolute atomic E-state index is 12.9. The van der Waals surface area contributed by atoms with E-state index in [2.05, 4.69) is 5.32 Å². The quantitative estimate of drug-likeness (QED) is 0.726. The number of carbonyl (C=O) groups is 1. The number of anilines is 2. The van der Waals surface area contributed by atoms with Gasteiger partial charge in [-0.3, -0.25) is 9.10 Å². The first kappa shape index (κ1) is 21.9. The molecule has 0 aliphatic rings. The number of nitrogens with zero attached hydrogens (tertiary/aromatic N) is 2. The molecule has 0 spiro atoms. The number of hydrogen-bond donors (Lipinski definition) is 1. The minimum absolute atomic E-state index is 0.348. The van der Waals surface area contributed by atoms with Crippen molar-refractivity contribution < 1.29 is 21.6 Å². The SMILES string of the molecule is CN(c1cccc(NC(=O)[C@H](c2ccccc2)N(C)S(C)(=O)=O)c1)S(C)(=O)=O. The van der Waals surface area contributed by atoms with Crippen LogP contribution in [-0.2, 0) is 24.8 Å². The van der Waals surface area contributed by atoms with Crippen molar-refractivity contribution in [1.29, 1.82) is 0 Å². The van der Waals surface area contributed by atoms with Gasteiger partial charge in [-0.2, -0.15) is 4.31 Å². The molecule has 10 heteroatoms. The van der Waals surface area contributed by atoms with E-state index in [9.17, 15) is 21.6 Å². The zero-order valence-corrected chi connectivity index (χ0v) is 17.7. The summed E-state index contributed by atoms with van der Waals surface area (Å²) in [6.45, 7) is 0. The number of hydrogen-bond acceptors (Lipinski definition) is 5. The molecule has 0 aliphatic heterocycles. The van der Waals surface area contributed by atoms with Gasteiger partial charge in [0.05, 0.1) is 18.2 Å². The van der Waals surface area contributed by atoms with Crippen LogP contribution in [0.3, 0.4) is 0 Å². The number of carbonyl (C=O) groups excluding carboxylic acids is 1. The normalized spacial score (nSPS) is 13.2. The van der Waals surface area contributed by atoms with Crippen LogP contribution in [0, 0.1) is 0 Å². The van der Waals surface area contributed by atoms with Crippen molar-refractivity contribution in [2.45, 2.75) is 6.04 Å². The Hall–Kier alpha value is -2.43. The Morgan fingerprint density at radius 3 is 2.04 bits per heavy atom. The number of rotatable bonds is 7. The van der Waals surface area contributed by atoms with E-state index in [0.29, 0.717) is 16.9 Å². The van der Waals surface area contributed by atoms with Gasteiger partial charge in [-0.05, 0) is 23.8 Å². The van der Waals surface area contributed by atoms with Crippen molar-refractivity contribution in [2.75, 3.05) is 36.2 Å². The molecular weight excluding hydrogens is 402 g/mol. The van der Waals surface area contributed by atoms with Crippen LogP contribution in [0.25, 0.3) is 0 Å². The molecule has 0 bridgehead atoms. The average Bonchev–Trinajstić information content (AvgIpc) is 2.60. The molecule has 1 atom stereocenters. The largest absolute Gasteiger partial charge is 0.324 e. The molecule has 1 amide bonds. The van der Waals surface area contributed by atoms with Crippen LogP contribution < -0.4 is 9.62 Å². The lowest BCUT2D eigenvalue weighted by Crippen LogP contribution is -2.38. The Morgan fingerprint density at radius 1 is 0.893 bits per heavy atom. The molecule has 0 aliphatic carbocycles. The second kappa shape index (κ2) is 8.29. The third-order valence-corrected chi connectivity index (χ3v) is 6.69. The molecule has 0 fully saturated rings. The predicted octanol–water partition coefficient (Wildman–Crippen LogP) is 1.65. The predicted molar refractivity (Wildman–Crippen MR) is 110 cm³/mol. The highest BCUT2D eigenvalue weighted by molar-refractivity contribution is 7.92. The highest BCUT2D eigenvalue weighted by Gasteiger charge is 2.30. The van der Waals surface area contributed by atoms with Gasteiger partial charge in [0, 0.05) is 19.8 Å². The highest BCUT2D eigenvalue weighted by atomic mass is 32.2. The van der Waals surface area contributed by atoms with Gasteiger partial charge in [0.15, 0.2) is 0 Å². The fourth-order valence-corrected chi connectivity index (χ4v) is 3.63. The van der Waals surface area contributed by atoms with Crippen molar-refractivity contribution in [3.05, 3.63) is 60.2 Å². The molecule has 0 unspecified atom stereocenters. The van der Waals surface area contributed by atoms with Crippen molar-refractivity contribution in [1.82, 2.24) is 4.31 Å². The van der Waals surface area contributed by atoms with Crippen LogP contribution in [0.15, 0.2) is 54.6 Å². The second-order valence-electron chi connectivity index (χ2n) is 6.36. The zero-order valence-electron chi connectivity index (χ0n) is 16.0. The molecule has 28 heavy (non-hydrogen) atoms. The monoisotopic (exact) mass is 425 g/mol. The van der Waals surface area contributed by atoms with Gasteiger partial charge < -0.3 is 5.32 Å². The molecule has 2 aromatic carbocycles. The Labute approximate surface area is 165 Å². The summed E-state index contributed by atoms with van der Waals surface area (Å²) in [4.78, 5) is 12.9. The molecule has 152 valence electrons. The molecule has 2 aromatic rings.